The number of non-ortho nitro benzene ring substituents is 1. The van der Waals surface area contributed by atoms with Gasteiger partial charge in [0.05, 0.1) is 11.1 Å². The van der Waals surface area contributed by atoms with Gasteiger partial charge in [-0.05, 0) is 24.3 Å². The second kappa shape index (κ2) is 4.48. The zero-order valence-electron chi connectivity index (χ0n) is 8.74. The normalized spacial score (nSPS) is 10.8. The van der Waals surface area contributed by atoms with Crippen LogP contribution in [-0.2, 0) is 0 Å². The summed E-state index contributed by atoms with van der Waals surface area (Å²) in [6, 6.07) is 9.56. The van der Waals surface area contributed by atoms with Gasteiger partial charge in [0.2, 0.25) is 0 Å². The van der Waals surface area contributed by atoms with Gasteiger partial charge in [0.1, 0.15) is 11.5 Å². The average molecular weight is 231 g/mol. The third-order valence-electron chi connectivity index (χ3n) is 2.19. The molecule has 2 N–H and O–H groups in total. The SMILES string of the molecule is NN=Cc1ccc(-c2ccc([N+](=O)[O-])cc2)o1. The molecule has 17 heavy (non-hydrogen) atoms. The standard InChI is InChI=1S/C11H9N3O3/c12-13-7-10-5-6-11(17-10)8-1-3-9(4-2-8)14(15)16/h1-7H,12H2. The lowest BCUT2D eigenvalue weighted by molar-refractivity contribution is -0.384. The zero-order chi connectivity index (χ0) is 12.3. The highest BCUT2D eigenvalue weighted by atomic mass is 16.6. The monoisotopic (exact) mass is 231 g/mol. The summed E-state index contributed by atoms with van der Waals surface area (Å²) in [6.07, 6.45) is 1.38. The molecule has 0 bridgehead atoms. The van der Waals surface area contributed by atoms with Crippen molar-refractivity contribution >= 4 is 11.9 Å². The van der Waals surface area contributed by atoms with Crippen LogP contribution in [0.1, 0.15) is 5.76 Å². The topological polar surface area (TPSA) is 94.7 Å². The van der Waals surface area contributed by atoms with Crippen molar-refractivity contribution in [1.29, 1.82) is 0 Å². The first-order valence-electron chi connectivity index (χ1n) is 4.78. The number of hydrogen-bond donors (Lipinski definition) is 1. The number of nitrogens with zero attached hydrogens (tertiary/aromatic N) is 2. The molecule has 86 valence electrons. The van der Waals surface area contributed by atoms with E-state index in [-0.39, 0.29) is 5.69 Å². The maximum absolute atomic E-state index is 10.5. The Morgan fingerprint density at radius 2 is 1.94 bits per heavy atom. The molecular formula is C11H9N3O3. The molecule has 0 saturated carbocycles. The van der Waals surface area contributed by atoms with Gasteiger partial charge in [-0.15, -0.1) is 0 Å². The number of nitro groups is 1. The van der Waals surface area contributed by atoms with Crippen LogP contribution < -0.4 is 5.84 Å². The van der Waals surface area contributed by atoms with E-state index in [1.54, 1.807) is 24.3 Å². The molecule has 1 aromatic heterocycles. The molecule has 0 radical (unpaired) electrons. The van der Waals surface area contributed by atoms with E-state index >= 15 is 0 Å². The molecule has 0 amide bonds. The van der Waals surface area contributed by atoms with Gasteiger partial charge in [0.15, 0.2) is 0 Å². The molecule has 0 fully saturated rings. The number of hydrogen-bond acceptors (Lipinski definition) is 5. The number of furan rings is 1. The Labute approximate surface area is 96.5 Å². The van der Waals surface area contributed by atoms with Crippen molar-refractivity contribution < 1.29 is 9.34 Å². The van der Waals surface area contributed by atoms with E-state index in [2.05, 4.69) is 5.10 Å². The summed E-state index contributed by atoms with van der Waals surface area (Å²) in [5, 5.41) is 13.8. The summed E-state index contributed by atoms with van der Waals surface area (Å²) in [4.78, 5) is 10.0. The lowest BCUT2D eigenvalue weighted by Gasteiger charge is -1.96. The molecule has 1 aromatic carbocycles. The fourth-order valence-electron chi connectivity index (χ4n) is 1.40. The smallest absolute Gasteiger partial charge is 0.269 e. The van der Waals surface area contributed by atoms with Crippen LogP contribution in [0.25, 0.3) is 11.3 Å². The highest BCUT2D eigenvalue weighted by Crippen LogP contribution is 2.23. The van der Waals surface area contributed by atoms with Crippen LogP contribution >= 0.6 is 0 Å². The largest absolute Gasteiger partial charge is 0.455 e. The molecule has 0 aliphatic rings. The number of nitro benzene ring substituents is 1. The van der Waals surface area contributed by atoms with Crippen LogP contribution in [0.3, 0.4) is 0 Å². The molecule has 2 rings (SSSR count). The third kappa shape index (κ3) is 2.31. The van der Waals surface area contributed by atoms with Crippen molar-refractivity contribution in [1.82, 2.24) is 0 Å². The van der Waals surface area contributed by atoms with E-state index in [9.17, 15) is 10.1 Å². The Morgan fingerprint density at radius 3 is 2.53 bits per heavy atom. The average Bonchev–Trinajstić information content (AvgIpc) is 2.78. The lowest BCUT2D eigenvalue weighted by Crippen LogP contribution is -1.86. The second-order valence-electron chi connectivity index (χ2n) is 3.28. The van der Waals surface area contributed by atoms with Crippen LogP contribution in [0.5, 0.6) is 0 Å². The molecule has 6 nitrogen and oxygen atoms in total. The van der Waals surface area contributed by atoms with Crippen molar-refractivity contribution in [3.63, 3.8) is 0 Å². The van der Waals surface area contributed by atoms with Crippen LogP contribution in [-0.4, -0.2) is 11.1 Å². The first-order valence-corrected chi connectivity index (χ1v) is 4.78. The first kappa shape index (κ1) is 10.9. The summed E-state index contributed by atoms with van der Waals surface area (Å²) in [5.74, 6) is 6.13. The molecule has 6 heteroatoms. The molecule has 0 aliphatic carbocycles. The van der Waals surface area contributed by atoms with Gasteiger partial charge >= 0.3 is 0 Å². The van der Waals surface area contributed by atoms with Crippen molar-refractivity contribution in [3.8, 4) is 11.3 Å². The molecule has 1 heterocycles. The highest BCUT2D eigenvalue weighted by Gasteiger charge is 2.07. The molecule has 0 aliphatic heterocycles. The van der Waals surface area contributed by atoms with E-state index in [1.807, 2.05) is 0 Å². The maximum Gasteiger partial charge on any atom is 0.269 e. The summed E-state index contributed by atoms with van der Waals surface area (Å²) in [5.41, 5.74) is 0.802. The Balaban J connectivity index is 2.29. The highest BCUT2D eigenvalue weighted by molar-refractivity contribution is 5.77. The Kier molecular flexibility index (Phi) is 2.87. The van der Waals surface area contributed by atoms with Crippen LogP contribution in [0.15, 0.2) is 45.9 Å². The van der Waals surface area contributed by atoms with Crippen LogP contribution in [0.2, 0.25) is 0 Å². The van der Waals surface area contributed by atoms with Gasteiger partial charge in [0, 0.05) is 17.7 Å². The van der Waals surface area contributed by atoms with E-state index in [0.717, 1.165) is 5.56 Å². The zero-order valence-corrected chi connectivity index (χ0v) is 8.74. The van der Waals surface area contributed by atoms with E-state index < -0.39 is 4.92 Å². The Morgan fingerprint density at radius 1 is 1.24 bits per heavy atom. The lowest BCUT2D eigenvalue weighted by atomic mass is 10.1. The van der Waals surface area contributed by atoms with Crippen molar-refractivity contribution in [2.24, 2.45) is 10.9 Å². The Bertz CT molecular complexity index is 558. The Hall–Kier alpha value is -2.63. The quantitative estimate of drug-likeness (QED) is 0.379. The van der Waals surface area contributed by atoms with Gasteiger partial charge in [-0.25, -0.2) is 0 Å². The van der Waals surface area contributed by atoms with Crippen molar-refractivity contribution in [3.05, 3.63) is 52.3 Å². The van der Waals surface area contributed by atoms with Crippen molar-refractivity contribution in [2.45, 2.75) is 0 Å². The van der Waals surface area contributed by atoms with Gasteiger partial charge < -0.3 is 10.3 Å². The minimum Gasteiger partial charge on any atom is -0.455 e. The molecular weight excluding hydrogens is 222 g/mol. The van der Waals surface area contributed by atoms with Crippen LogP contribution in [0.4, 0.5) is 5.69 Å². The number of rotatable bonds is 3. The van der Waals surface area contributed by atoms with Crippen LogP contribution in [0, 0.1) is 10.1 Å². The van der Waals surface area contributed by atoms with Gasteiger partial charge in [-0.3, -0.25) is 10.1 Å². The maximum atomic E-state index is 10.5. The summed E-state index contributed by atoms with van der Waals surface area (Å²) in [7, 11) is 0. The molecule has 0 spiro atoms. The summed E-state index contributed by atoms with van der Waals surface area (Å²) < 4.78 is 5.41. The van der Waals surface area contributed by atoms with Crippen molar-refractivity contribution in [2.75, 3.05) is 0 Å². The second-order valence-corrected chi connectivity index (χ2v) is 3.28. The summed E-state index contributed by atoms with van der Waals surface area (Å²) >= 11 is 0. The predicted molar refractivity (Wildman–Crippen MR) is 62.6 cm³/mol. The molecule has 0 atom stereocenters. The third-order valence-corrected chi connectivity index (χ3v) is 2.19. The minimum atomic E-state index is -0.446. The van der Waals surface area contributed by atoms with E-state index in [4.69, 9.17) is 10.3 Å². The molecule has 2 aromatic rings. The van der Waals surface area contributed by atoms with Gasteiger partial charge in [-0.2, -0.15) is 5.10 Å². The number of hydrazone groups is 1. The number of benzene rings is 1. The number of nitrogens with two attached hydrogens (primary N) is 1. The predicted octanol–water partition coefficient (Wildman–Crippen LogP) is 2.15. The molecule has 0 saturated heterocycles. The minimum absolute atomic E-state index is 0.0454. The van der Waals surface area contributed by atoms with E-state index in [1.165, 1.54) is 18.3 Å². The fraction of sp³-hybridized carbons (Fsp3) is 0. The summed E-state index contributed by atoms with van der Waals surface area (Å²) in [6.45, 7) is 0. The van der Waals surface area contributed by atoms with Gasteiger partial charge in [-0.1, -0.05) is 0 Å². The molecule has 0 unspecified atom stereocenters. The first-order chi connectivity index (χ1) is 8.20. The van der Waals surface area contributed by atoms with E-state index in [0.29, 0.717) is 11.5 Å². The van der Waals surface area contributed by atoms with Gasteiger partial charge in [0.25, 0.3) is 5.69 Å². The fourth-order valence-corrected chi connectivity index (χ4v) is 1.40.